The van der Waals surface area contributed by atoms with Gasteiger partial charge in [-0.25, -0.2) is 9.59 Å². The van der Waals surface area contributed by atoms with Crippen LogP contribution in [0.2, 0.25) is 0 Å². The number of nitrogens with two attached hydrogens (primary N) is 1. The van der Waals surface area contributed by atoms with E-state index >= 15 is 0 Å². The summed E-state index contributed by atoms with van der Waals surface area (Å²) in [6, 6.07) is -0.263. The highest BCUT2D eigenvalue weighted by Crippen LogP contribution is 2.38. The standard InChI is InChI=1S/C16H26N4O3/c1-15(2,3)23-14(22)19-8-4-7-16(10-19)12(17)18-13(21)20(16)9-11-5-6-11/h11H,4-10H2,1-3H3,(H2,17,18,21). The van der Waals surface area contributed by atoms with E-state index in [0.29, 0.717) is 31.4 Å². The Morgan fingerprint density at radius 3 is 2.74 bits per heavy atom. The van der Waals surface area contributed by atoms with Crippen LogP contribution in [-0.4, -0.2) is 58.5 Å². The van der Waals surface area contributed by atoms with Crippen LogP contribution in [0.15, 0.2) is 4.99 Å². The lowest BCUT2D eigenvalue weighted by atomic mass is 9.86. The fraction of sp³-hybridized carbons (Fsp3) is 0.812. The van der Waals surface area contributed by atoms with Gasteiger partial charge in [-0.15, -0.1) is 0 Å². The highest BCUT2D eigenvalue weighted by Gasteiger charge is 2.52. The molecule has 2 aliphatic heterocycles. The molecule has 1 unspecified atom stereocenters. The van der Waals surface area contributed by atoms with Gasteiger partial charge in [-0.05, 0) is 52.4 Å². The van der Waals surface area contributed by atoms with Crippen LogP contribution in [0.25, 0.3) is 0 Å². The molecule has 1 aliphatic carbocycles. The molecule has 2 N–H and O–H groups in total. The maximum absolute atomic E-state index is 12.4. The largest absolute Gasteiger partial charge is 0.444 e. The molecule has 1 saturated heterocycles. The summed E-state index contributed by atoms with van der Waals surface area (Å²) >= 11 is 0. The number of hydrogen-bond donors (Lipinski definition) is 1. The molecule has 0 aromatic heterocycles. The van der Waals surface area contributed by atoms with Crippen molar-refractivity contribution in [1.29, 1.82) is 0 Å². The first-order valence-corrected chi connectivity index (χ1v) is 8.35. The first-order chi connectivity index (χ1) is 10.7. The Bertz CT molecular complexity index is 550. The summed E-state index contributed by atoms with van der Waals surface area (Å²) in [7, 11) is 0. The van der Waals surface area contributed by atoms with E-state index in [2.05, 4.69) is 4.99 Å². The average molecular weight is 322 g/mol. The van der Waals surface area contributed by atoms with Gasteiger partial charge in [0.05, 0.1) is 6.54 Å². The fourth-order valence-corrected chi connectivity index (χ4v) is 3.35. The number of rotatable bonds is 2. The minimum Gasteiger partial charge on any atom is -0.444 e. The van der Waals surface area contributed by atoms with Crippen LogP contribution in [0.4, 0.5) is 9.59 Å². The third kappa shape index (κ3) is 3.14. The molecule has 128 valence electrons. The van der Waals surface area contributed by atoms with Crippen molar-refractivity contribution in [2.75, 3.05) is 19.6 Å². The van der Waals surface area contributed by atoms with Crippen molar-refractivity contribution < 1.29 is 14.3 Å². The molecule has 2 fully saturated rings. The number of amidine groups is 1. The second kappa shape index (κ2) is 5.39. The van der Waals surface area contributed by atoms with Gasteiger partial charge in [-0.3, -0.25) is 0 Å². The molecule has 3 aliphatic rings. The Morgan fingerprint density at radius 1 is 1.43 bits per heavy atom. The predicted octanol–water partition coefficient (Wildman–Crippen LogP) is 1.96. The molecule has 1 spiro atoms. The highest BCUT2D eigenvalue weighted by molar-refractivity contribution is 6.06. The SMILES string of the molecule is CC(C)(C)OC(=O)N1CCCC2(C1)C(N)=NC(=O)N2CC1CC1. The van der Waals surface area contributed by atoms with Gasteiger partial charge in [-0.2, -0.15) is 4.99 Å². The van der Waals surface area contributed by atoms with Gasteiger partial charge >= 0.3 is 12.1 Å². The monoisotopic (exact) mass is 322 g/mol. The predicted molar refractivity (Wildman–Crippen MR) is 86.2 cm³/mol. The van der Waals surface area contributed by atoms with Crippen molar-refractivity contribution in [2.24, 2.45) is 16.6 Å². The van der Waals surface area contributed by atoms with E-state index in [1.807, 2.05) is 20.8 Å². The Kier molecular flexibility index (Phi) is 3.77. The molecule has 0 bridgehead atoms. The third-order valence-electron chi connectivity index (χ3n) is 4.70. The first-order valence-electron chi connectivity index (χ1n) is 8.35. The summed E-state index contributed by atoms with van der Waals surface area (Å²) in [5, 5.41) is 0. The molecule has 23 heavy (non-hydrogen) atoms. The second-order valence-corrected chi connectivity index (χ2v) is 7.87. The maximum atomic E-state index is 12.4. The van der Waals surface area contributed by atoms with Crippen LogP contribution >= 0.6 is 0 Å². The Balaban J connectivity index is 1.78. The molecule has 2 heterocycles. The average Bonchev–Trinajstić information content (AvgIpc) is 3.23. The third-order valence-corrected chi connectivity index (χ3v) is 4.70. The quantitative estimate of drug-likeness (QED) is 0.841. The number of piperidine rings is 1. The molecule has 1 saturated carbocycles. The summed E-state index contributed by atoms with van der Waals surface area (Å²) < 4.78 is 5.47. The maximum Gasteiger partial charge on any atom is 0.410 e. The number of hydrogen-bond acceptors (Lipinski definition) is 4. The number of nitrogens with zero attached hydrogens (tertiary/aromatic N) is 3. The number of aliphatic imine (C=N–C) groups is 1. The van der Waals surface area contributed by atoms with E-state index in [1.165, 1.54) is 0 Å². The molecule has 3 amide bonds. The van der Waals surface area contributed by atoms with Gasteiger partial charge in [-0.1, -0.05) is 0 Å². The fourth-order valence-electron chi connectivity index (χ4n) is 3.35. The lowest BCUT2D eigenvalue weighted by Gasteiger charge is -2.45. The van der Waals surface area contributed by atoms with Crippen molar-refractivity contribution in [3.63, 3.8) is 0 Å². The van der Waals surface area contributed by atoms with Gasteiger partial charge in [0.2, 0.25) is 0 Å². The van der Waals surface area contributed by atoms with Gasteiger partial charge < -0.3 is 20.3 Å². The summed E-state index contributed by atoms with van der Waals surface area (Å²) in [4.78, 5) is 32.1. The van der Waals surface area contributed by atoms with E-state index < -0.39 is 11.1 Å². The number of carbonyl (C=O) groups is 2. The summed E-state index contributed by atoms with van der Waals surface area (Å²) in [6.07, 6.45) is 3.48. The lowest BCUT2D eigenvalue weighted by Crippen LogP contribution is -2.64. The molecule has 0 aromatic carbocycles. The lowest BCUT2D eigenvalue weighted by molar-refractivity contribution is 0.00803. The van der Waals surface area contributed by atoms with E-state index in [4.69, 9.17) is 10.5 Å². The minimum atomic E-state index is -0.644. The molecule has 7 heteroatoms. The number of amides is 3. The van der Waals surface area contributed by atoms with E-state index in [9.17, 15) is 9.59 Å². The second-order valence-electron chi connectivity index (χ2n) is 7.87. The number of carbonyl (C=O) groups excluding carboxylic acids is 2. The number of urea groups is 1. The number of ether oxygens (including phenoxy) is 1. The molecular weight excluding hydrogens is 296 g/mol. The number of likely N-dealkylation sites (tertiary alicyclic amines) is 1. The van der Waals surface area contributed by atoms with Crippen molar-refractivity contribution in [2.45, 2.75) is 57.6 Å². The molecule has 1 atom stereocenters. The van der Waals surface area contributed by atoms with E-state index in [-0.39, 0.29) is 12.1 Å². The van der Waals surface area contributed by atoms with Crippen LogP contribution < -0.4 is 5.73 Å². The summed E-state index contributed by atoms with van der Waals surface area (Å²) in [5.74, 6) is 0.894. The molecule has 7 nitrogen and oxygen atoms in total. The molecule has 0 aromatic rings. The molecule has 3 rings (SSSR count). The van der Waals surface area contributed by atoms with Crippen molar-refractivity contribution >= 4 is 18.0 Å². The molecular formula is C16H26N4O3. The van der Waals surface area contributed by atoms with Crippen LogP contribution in [0.3, 0.4) is 0 Å². The highest BCUT2D eigenvalue weighted by atomic mass is 16.6. The van der Waals surface area contributed by atoms with Gasteiger partial charge in [0.15, 0.2) is 0 Å². The van der Waals surface area contributed by atoms with Crippen LogP contribution in [-0.2, 0) is 4.74 Å². The Morgan fingerprint density at radius 2 is 2.13 bits per heavy atom. The van der Waals surface area contributed by atoms with E-state index in [0.717, 1.165) is 25.7 Å². The molecule has 0 radical (unpaired) electrons. The normalized spacial score (nSPS) is 28.3. The van der Waals surface area contributed by atoms with Crippen molar-refractivity contribution in [3.05, 3.63) is 0 Å². The van der Waals surface area contributed by atoms with Crippen LogP contribution in [0, 0.1) is 5.92 Å². The van der Waals surface area contributed by atoms with Crippen LogP contribution in [0.5, 0.6) is 0 Å². The summed E-state index contributed by atoms with van der Waals surface area (Å²) in [5.41, 5.74) is 4.93. The first kappa shape index (κ1) is 16.1. The van der Waals surface area contributed by atoms with Crippen LogP contribution in [0.1, 0.15) is 46.5 Å². The van der Waals surface area contributed by atoms with Crippen molar-refractivity contribution in [3.8, 4) is 0 Å². The zero-order chi connectivity index (χ0) is 16.8. The van der Waals surface area contributed by atoms with Gasteiger partial charge in [0.25, 0.3) is 0 Å². The zero-order valence-electron chi connectivity index (χ0n) is 14.2. The minimum absolute atomic E-state index is 0.263. The van der Waals surface area contributed by atoms with Crippen molar-refractivity contribution in [1.82, 2.24) is 9.80 Å². The van der Waals surface area contributed by atoms with Gasteiger partial charge in [0, 0.05) is 13.1 Å². The zero-order valence-corrected chi connectivity index (χ0v) is 14.2. The Labute approximate surface area is 136 Å². The topological polar surface area (TPSA) is 88.2 Å². The smallest absolute Gasteiger partial charge is 0.410 e. The summed E-state index contributed by atoms with van der Waals surface area (Å²) in [6.45, 7) is 7.22. The van der Waals surface area contributed by atoms with Gasteiger partial charge in [0.1, 0.15) is 17.0 Å². The van der Waals surface area contributed by atoms with E-state index in [1.54, 1.807) is 9.80 Å². The Hall–Kier alpha value is -1.79.